The van der Waals surface area contributed by atoms with E-state index in [4.69, 9.17) is 4.74 Å². The topological polar surface area (TPSA) is 39.9 Å². The monoisotopic (exact) mass is 353 g/mol. The molecule has 0 atom stereocenters. The summed E-state index contributed by atoms with van der Waals surface area (Å²) in [7, 11) is 0. The smallest absolute Gasteiger partial charge is 0.191 e. The van der Waals surface area contributed by atoms with Crippen LogP contribution in [0.5, 0.6) is 5.75 Å². The predicted octanol–water partition coefficient (Wildman–Crippen LogP) is 4.79. The molecule has 1 aromatic heterocycles. The molecule has 130 valence electrons. The average molecular weight is 353 g/mol. The van der Waals surface area contributed by atoms with Gasteiger partial charge < -0.3 is 9.30 Å². The number of ether oxygens (including phenoxy) is 1. The Morgan fingerprint density at radius 2 is 1.76 bits per heavy atom. The first-order chi connectivity index (χ1) is 12.2. The van der Waals surface area contributed by atoms with Gasteiger partial charge in [0.15, 0.2) is 11.0 Å². The summed E-state index contributed by atoms with van der Waals surface area (Å²) in [5.41, 5.74) is 3.86. The Labute approximate surface area is 153 Å². The molecule has 0 bridgehead atoms. The summed E-state index contributed by atoms with van der Waals surface area (Å²) in [6.45, 7) is 7.57. The van der Waals surface area contributed by atoms with Crippen LogP contribution in [0.3, 0.4) is 0 Å². The van der Waals surface area contributed by atoms with Gasteiger partial charge in [-0.15, -0.1) is 10.2 Å². The van der Waals surface area contributed by atoms with Crippen LogP contribution >= 0.6 is 11.8 Å². The van der Waals surface area contributed by atoms with E-state index in [1.807, 2.05) is 24.3 Å². The van der Waals surface area contributed by atoms with Crippen molar-refractivity contribution in [3.8, 4) is 5.75 Å². The van der Waals surface area contributed by atoms with Crippen molar-refractivity contribution in [1.29, 1.82) is 0 Å². The van der Waals surface area contributed by atoms with Crippen molar-refractivity contribution in [2.24, 2.45) is 0 Å². The number of aromatic nitrogens is 3. The SMILES string of the molecule is CCn1c(COc2ccc(C)cc2)nnc1SCc1ccccc1C. The molecule has 4 nitrogen and oxygen atoms in total. The van der Waals surface area contributed by atoms with Crippen molar-refractivity contribution in [2.75, 3.05) is 0 Å². The molecule has 25 heavy (non-hydrogen) atoms. The zero-order valence-corrected chi connectivity index (χ0v) is 15.7. The highest BCUT2D eigenvalue weighted by Gasteiger charge is 2.12. The fraction of sp³-hybridized carbons (Fsp3) is 0.300. The lowest BCUT2D eigenvalue weighted by Gasteiger charge is -2.09. The summed E-state index contributed by atoms with van der Waals surface area (Å²) in [5, 5.41) is 9.61. The first kappa shape index (κ1) is 17.5. The van der Waals surface area contributed by atoms with Gasteiger partial charge in [-0.25, -0.2) is 0 Å². The number of aryl methyl sites for hydroxylation is 2. The third-order valence-corrected chi connectivity index (χ3v) is 5.13. The molecule has 0 saturated carbocycles. The molecule has 0 N–H and O–H groups in total. The van der Waals surface area contributed by atoms with Crippen LogP contribution in [-0.4, -0.2) is 14.8 Å². The highest BCUT2D eigenvalue weighted by Crippen LogP contribution is 2.24. The summed E-state index contributed by atoms with van der Waals surface area (Å²) >= 11 is 1.72. The summed E-state index contributed by atoms with van der Waals surface area (Å²) in [6, 6.07) is 16.5. The number of nitrogens with zero attached hydrogens (tertiary/aromatic N) is 3. The Morgan fingerprint density at radius 3 is 2.48 bits per heavy atom. The van der Waals surface area contributed by atoms with Gasteiger partial charge in [-0.3, -0.25) is 0 Å². The molecule has 0 aliphatic rings. The van der Waals surface area contributed by atoms with Crippen molar-refractivity contribution in [1.82, 2.24) is 14.8 Å². The Balaban J connectivity index is 1.66. The van der Waals surface area contributed by atoms with Crippen molar-refractivity contribution in [3.63, 3.8) is 0 Å². The molecule has 3 rings (SSSR count). The molecular formula is C20H23N3OS. The number of thioether (sulfide) groups is 1. The number of benzene rings is 2. The van der Waals surface area contributed by atoms with E-state index in [1.54, 1.807) is 11.8 Å². The van der Waals surface area contributed by atoms with Crippen LogP contribution in [0.4, 0.5) is 0 Å². The first-order valence-corrected chi connectivity index (χ1v) is 9.44. The fourth-order valence-corrected chi connectivity index (χ4v) is 3.64. The lowest BCUT2D eigenvalue weighted by Crippen LogP contribution is -2.07. The third kappa shape index (κ3) is 4.42. The molecular weight excluding hydrogens is 330 g/mol. The lowest BCUT2D eigenvalue weighted by molar-refractivity contribution is 0.288. The Morgan fingerprint density at radius 1 is 1.00 bits per heavy atom. The van der Waals surface area contributed by atoms with Crippen LogP contribution in [0.2, 0.25) is 0 Å². The second kappa shape index (κ2) is 8.21. The molecule has 1 heterocycles. The van der Waals surface area contributed by atoms with Crippen LogP contribution in [0, 0.1) is 13.8 Å². The number of hydrogen-bond donors (Lipinski definition) is 0. The maximum atomic E-state index is 5.85. The zero-order valence-electron chi connectivity index (χ0n) is 14.9. The predicted molar refractivity (Wildman–Crippen MR) is 102 cm³/mol. The molecule has 0 saturated heterocycles. The number of hydrogen-bond acceptors (Lipinski definition) is 4. The molecule has 0 aliphatic heterocycles. The van der Waals surface area contributed by atoms with E-state index in [2.05, 4.69) is 59.8 Å². The third-order valence-electron chi connectivity index (χ3n) is 4.12. The molecule has 0 radical (unpaired) electrons. The zero-order chi connectivity index (χ0) is 17.6. The van der Waals surface area contributed by atoms with E-state index in [-0.39, 0.29) is 0 Å². The molecule has 0 aliphatic carbocycles. The van der Waals surface area contributed by atoms with Gasteiger partial charge in [-0.2, -0.15) is 0 Å². The van der Waals surface area contributed by atoms with Crippen LogP contribution < -0.4 is 4.74 Å². The average Bonchev–Trinajstić information content (AvgIpc) is 3.02. The van der Waals surface area contributed by atoms with Gasteiger partial charge >= 0.3 is 0 Å². The maximum Gasteiger partial charge on any atom is 0.191 e. The van der Waals surface area contributed by atoms with E-state index in [1.165, 1.54) is 16.7 Å². The molecule has 0 amide bonds. The quantitative estimate of drug-likeness (QED) is 0.573. The van der Waals surface area contributed by atoms with Gasteiger partial charge in [0, 0.05) is 12.3 Å². The summed E-state index contributed by atoms with van der Waals surface area (Å²) < 4.78 is 7.97. The van der Waals surface area contributed by atoms with Crippen LogP contribution in [0.25, 0.3) is 0 Å². The molecule has 3 aromatic rings. The minimum absolute atomic E-state index is 0.425. The second-order valence-corrected chi connectivity index (χ2v) is 6.90. The molecule has 0 fully saturated rings. The van der Waals surface area contributed by atoms with Crippen molar-refractivity contribution in [3.05, 3.63) is 71.0 Å². The van der Waals surface area contributed by atoms with Gasteiger partial charge in [-0.05, 0) is 44.0 Å². The van der Waals surface area contributed by atoms with Crippen molar-refractivity contribution in [2.45, 2.75) is 44.8 Å². The van der Waals surface area contributed by atoms with E-state index in [9.17, 15) is 0 Å². The number of rotatable bonds is 7. The van der Waals surface area contributed by atoms with Crippen LogP contribution in [-0.2, 0) is 18.9 Å². The molecule has 5 heteroatoms. The Bertz CT molecular complexity index is 827. The normalized spacial score (nSPS) is 10.8. The summed E-state index contributed by atoms with van der Waals surface area (Å²) in [4.78, 5) is 0. The van der Waals surface area contributed by atoms with Crippen molar-refractivity contribution < 1.29 is 4.74 Å². The van der Waals surface area contributed by atoms with E-state index < -0.39 is 0 Å². The lowest BCUT2D eigenvalue weighted by atomic mass is 10.1. The Hall–Kier alpha value is -2.27. The van der Waals surface area contributed by atoms with E-state index >= 15 is 0 Å². The van der Waals surface area contributed by atoms with Gasteiger partial charge in [0.25, 0.3) is 0 Å². The summed E-state index contributed by atoms with van der Waals surface area (Å²) in [5.74, 6) is 2.60. The molecule has 0 spiro atoms. The van der Waals surface area contributed by atoms with Crippen LogP contribution in [0.15, 0.2) is 53.7 Å². The van der Waals surface area contributed by atoms with Crippen molar-refractivity contribution >= 4 is 11.8 Å². The molecule has 0 unspecified atom stereocenters. The van der Waals surface area contributed by atoms with Gasteiger partial charge in [0.2, 0.25) is 0 Å². The summed E-state index contributed by atoms with van der Waals surface area (Å²) in [6.07, 6.45) is 0. The first-order valence-electron chi connectivity index (χ1n) is 8.46. The fourth-order valence-electron chi connectivity index (χ4n) is 2.55. The van der Waals surface area contributed by atoms with Gasteiger partial charge in [0.1, 0.15) is 12.4 Å². The largest absolute Gasteiger partial charge is 0.486 e. The van der Waals surface area contributed by atoms with E-state index in [0.717, 1.165) is 29.0 Å². The highest BCUT2D eigenvalue weighted by molar-refractivity contribution is 7.98. The van der Waals surface area contributed by atoms with Crippen LogP contribution in [0.1, 0.15) is 29.4 Å². The Kier molecular flexibility index (Phi) is 5.76. The molecule has 2 aromatic carbocycles. The second-order valence-electron chi connectivity index (χ2n) is 5.96. The maximum absolute atomic E-state index is 5.85. The minimum atomic E-state index is 0.425. The standard InChI is InChI=1S/C20H23N3OS/c1-4-23-19(13-24-18-11-9-15(2)10-12-18)21-22-20(23)25-14-17-8-6-5-7-16(17)3/h5-12H,4,13-14H2,1-3H3. The van der Waals surface area contributed by atoms with E-state index in [0.29, 0.717) is 6.61 Å². The minimum Gasteiger partial charge on any atom is -0.486 e. The highest BCUT2D eigenvalue weighted by atomic mass is 32.2. The van der Waals surface area contributed by atoms with Gasteiger partial charge in [0.05, 0.1) is 0 Å². The van der Waals surface area contributed by atoms with Gasteiger partial charge in [-0.1, -0.05) is 53.7 Å².